The van der Waals surface area contributed by atoms with Crippen LogP contribution in [0.3, 0.4) is 0 Å². The van der Waals surface area contributed by atoms with Crippen LogP contribution >= 0.6 is 0 Å². The third-order valence-corrected chi connectivity index (χ3v) is 6.11. The number of pyridine rings is 1. The Balaban J connectivity index is 1.41. The zero-order valence-corrected chi connectivity index (χ0v) is 18.2. The van der Waals surface area contributed by atoms with E-state index >= 15 is 0 Å². The highest BCUT2D eigenvalue weighted by atomic mass is 16.5. The summed E-state index contributed by atoms with van der Waals surface area (Å²) in [7, 11) is 3.82. The third kappa shape index (κ3) is 3.87. The molecule has 0 bridgehead atoms. The quantitative estimate of drug-likeness (QED) is 0.509. The van der Waals surface area contributed by atoms with Gasteiger partial charge in [-0.3, -0.25) is 9.36 Å². The van der Waals surface area contributed by atoms with Gasteiger partial charge in [-0.15, -0.1) is 0 Å². The average Bonchev–Trinajstić information content (AvgIpc) is 3.37. The second-order valence-corrected chi connectivity index (χ2v) is 8.40. The molecule has 1 aromatic carbocycles. The first-order valence-electron chi connectivity index (χ1n) is 10.9. The van der Waals surface area contributed by atoms with Crippen LogP contribution in [0.15, 0.2) is 48.9 Å². The number of benzene rings is 1. The van der Waals surface area contributed by atoms with Gasteiger partial charge < -0.3 is 10.1 Å². The molecule has 4 aromatic rings. The largest absolute Gasteiger partial charge is 0.490 e. The van der Waals surface area contributed by atoms with E-state index in [1.165, 1.54) is 5.56 Å². The lowest BCUT2D eigenvalue weighted by Gasteiger charge is -2.29. The molecule has 5 rings (SSSR count). The minimum Gasteiger partial charge on any atom is -0.490 e. The van der Waals surface area contributed by atoms with Crippen molar-refractivity contribution in [1.82, 2.24) is 24.5 Å². The van der Waals surface area contributed by atoms with Crippen molar-refractivity contribution in [2.45, 2.75) is 44.8 Å². The van der Waals surface area contributed by atoms with Crippen LogP contribution < -0.4 is 10.1 Å². The topological polar surface area (TPSA) is 69.8 Å². The SMILES string of the molecule is CNc1cc2c(cn1)c(-c1cnn(C)c1)nn2[C@H]1CC[C@@H](Oc2cccc(C)c2)CC1. The highest BCUT2D eigenvalue weighted by Gasteiger charge is 2.27. The van der Waals surface area contributed by atoms with E-state index in [9.17, 15) is 0 Å². The van der Waals surface area contributed by atoms with E-state index in [-0.39, 0.29) is 6.10 Å². The lowest BCUT2D eigenvalue weighted by molar-refractivity contribution is 0.131. The van der Waals surface area contributed by atoms with Crippen molar-refractivity contribution in [3.63, 3.8) is 0 Å². The van der Waals surface area contributed by atoms with E-state index in [1.54, 1.807) is 0 Å². The Hall–Kier alpha value is -3.35. The van der Waals surface area contributed by atoms with Crippen LogP contribution in [0.25, 0.3) is 22.2 Å². The van der Waals surface area contributed by atoms with E-state index in [0.29, 0.717) is 6.04 Å². The number of aryl methyl sites for hydroxylation is 2. The van der Waals surface area contributed by atoms with Crippen LogP contribution in [-0.2, 0) is 7.05 Å². The zero-order chi connectivity index (χ0) is 21.4. The molecule has 3 aromatic heterocycles. The summed E-state index contributed by atoms with van der Waals surface area (Å²) in [6, 6.07) is 10.8. The van der Waals surface area contributed by atoms with Crippen LogP contribution in [0, 0.1) is 6.92 Å². The highest BCUT2D eigenvalue weighted by molar-refractivity contribution is 5.93. The van der Waals surface area contributed by atoms with Gasteiger partial charge in [0.25, 0.3) is 0 Å². The molecule has 0 unspecified atom stereocenters. The van der Waals surface area contributed by atoms with Crippen molar-refractivity contribution in [2.24, 2.45) is 7.05 Å². The maximum Gasteiger partial charge on any atom is 0.127 e. The molecule has 0 atom stereocenters. The Morgan fingerprint density at radius 2 is 1.94 bits per heavy atom. The van der Waals surface area contributed by atoms with Gasteiger partial charge in [0.15, 0.2) is 0 Å². The Bertz CT molecular complexity index is 1200. The fourth-order valence-corrected chi connectivity index (χ4v) is 4.49. The van der Waals surface area contributed by atoms with Gasteiger partial charge in [-0.2, -0.15) is 10.2 Å². The van der Waals surface area contributed by atoms with Crippen LogP contribution in [0.5, 0.6) is 5.75 Å². The number of nitrogens with zero attached hydrogens (tertiary/aromatic N) is 5. The molecule has 160 valence electrons. The summed E-state index contributed by atoms with van der Waals surface area (Å²) in [5.41, 5.74) is 4.30. The van der Waals surface area contributed by atoms with Crippen LogP contribution in [0.2, 0.25) is 0 Å². The maximum absolute atomic E-state index is 6.26. The van der Waals surface area contributed by atoms with Crippen LogP contribution in [0.1, 0.15) is 37.3 Å². The Morgan fingerprint density at radius 1 is 1.10 bits per heavy atom. The lowest BCUT2D eigenvalue weighted by atomic mass is 9.93. The van der Waals surface area contributed by atoms with Gasteiger partial charge in [0.2, 0.25) is 0 Å². The molecule has 7 nitrogen and oxygen atoms in total. The summed E-state index contributed by atoms with van der Waals surface area (Å²) < 4.78 is 10.3. The smallest absolute Gasteiger partial charge is 0.127 e. The highest BCUT2D eigenvalue weighted by Crippen LogP contribution is 2.36. The molecule has 0 spiro atoms. The molecule has 1 aliphatic rings. The summed E-state index contributed by atoms with van der Waals surface area (Å²) in [6.07, 6.45) is 10.2. The first kappa shape index (κ1) is 19.6. The van der Waals surface area contributed by atoms with Crippen LogP contribution in [0.4, 0.5) is 5.82 Å². The van der Waals surface area contributed by atoms with Crippen molar-refractivity contribution < 1.29 is 4.74 Å². The molecule has 0 amide bonds. The monoisotopic (exact) mass is 416 g/mol. The number of aromatic nitrogens is 5. The lowest BCUT2D eigenvalue weighted by Crippen LogP contribution is -2.26. The standard InChI is InChI=1S/C24H28N6O/c1-16-5-4-6-20(11-16)31-19-9-7-18(8-10-19)30-22-12-23(25-2)26-14-21(22)24(28-30)17-13-27-29(3)15-17/h4-6,11-15,18-19H,7-10H2,1-3H3,(H,25,26)/t18-,19+. The molecular weight excluding hydrogens is 388 g/mol. The van der Waals surface area contributed by atoms with Gasteiger partial charge >= 0.3 is 0 Å². The predicted molar refractivity (Wildman–Crippen MR) is 122 cm³/mol. The molecular formula is C24H28N6O. The Kier molecular flexibility index (Phi) is 5.10. The van der Waals surface area contributed by atoms with E-state index in [4.69, 9.17) is 9.84 Å². The molecule has 7 heteroatoms. The van der Waals surface area contributed by atoms with Crippen molar-refractivity contribution in [3.8, 4) is 17.0 Å². The normalized spacial score (nSPS) is 18.9. The third-order valence-electron chi connectivity index (χ3n) is 6.11. The van der Waals surface area contributed by atoms with Crippen molar-refractivity contribution in [2.75, 3.05) is 12.4 Å². The number of hydrogen-bond acceptors (Lipinski definition) is 5. The molecule has 1 fully saturated rings. The minimum atomic E-state index is 0.257. The van der Waals surface area contributed by atoms with Gasteiger partial charge in [0, 0.05) is 43.5 Å². The van der Waals surface area contributed by atoms with E-state index in [2.05, 4.69) is 51.3 Å². The second-order valence-electron chi connectivity index (χ2n) is 8.40. The summed E-state index contributed by atoms with van der Waals surface area (Å²) >= 11 is 0. The molecule has 1 saturated carbocycles. The predicted octanol–water partition coefficient (Wildman–Crippen LogP) is 4.74. The maximum atomic E-state index is 6.26. The Morgan fingerprint density at radius 3 is 2.65 bits per heavy atom. The number of hydrogen-bond donors (Lipinski definition) is 1. The summed E-state index contributed by atoms with van der Waals surface area (Å²) in [4.78, 5) is 4.53. The number of anilines is 1. The fourth-order valence-electron chi connectivity index (χ4n) is 4.49. The van der Waals surface area contributed by atoms with Gasteiger partial charge in [-0.25, -0.2) is 4.98 Å². The van der Waals surface area contributed by atoms with E-state index < -0.39 is 0 Å². The zero-order valence-electron chi connectivity index (χ0n) is 18.2. The summed E-state index contributed by atoms with van der Waals surface area (Å²) in [5.74, 6) is 1.82. The molecule has 0 saturated heterocycles. The average molecular weight is 417 g/mol. The Labute approximate surface area is 182 Å². The molecule has 31 heavy (non-hydrogen) atoms. The number of nitrogens with one attached hydrogen (secondary N) is 1. The molecule has 0 aliphatic heterocycles. The van der Waals surface area contributed by atoms with E-state index in [1.807, 2.05) is 43.4 Å². The van der Waals surface area contributed by atoms with Gasteiger partial charge in [-0.1, -0.05) is 12.1 Å². The second kappa shape index (κ2) is 8.06. The van der Waals surface area contributed by atoms with Gasteiger partial charge in [-0.05, 0) is 50.3 Å². The first-order valence-corrected chi connectivity index (χ1v) is 10.9. The molecule has 3 heterocycles. The summed E-state index contributed by atoms with van der Waals surface area (Å²) in [6.45, 7) is 2.10. The molecule has 1 N–H and O–H groups in total. The van der Waals surface area contributed by atoms with Crippen LogP contribution in [-0.4, -0.2) is 37.7 Å². The fraction of sp³-hybridized carbons (Fsp3) is 0.375. The summed E-state index contributed by atoms with van der Waals surface area (Å²) in [5, 5.41) is 13.6. The van der Waals surface area contributed by atoms with Crippen molar-refractivity contribution >= 4 is 16.7 Å². The van der Waals surface area contributed by atoms with Gasteiger partial charge in [0.1, 0.15) is 17.3 Å². The molecule has 0 radical (unpaired) electrons. The van der Waals surface area contributed by atoms with Gasteiger partial charge in [0.05, 0.1) is 23.9 Å². The number of rotatable bonds is 5. The van der Waals surface area contributed by atoms with Crippen molar-refractivity contribution in [1.29, 1.82) is 0 Å². The molecule has 1 aliphatic carbocycles. The minimum absolute atomic E-state index is 0.257. The van der Waals surface area contributed by atoms with Crippen molar-refractivity contribution in [3.05, 3.63) is 54.5 Å². The number of ether oxygens (including phenoxy) is 1. The van der Waals surface area contributed by atoms with E-state index in [0.717, 1.165) is 59.4 Å². The first-order chi connectivity index (χ1) is 15.1. The number of fused-ring (bicyclic) bond motifs is 1.